The molecule has 0 atom stereocenters. The Kier molecular flexibility index (Phi) is 3.85. The third-order valence-electron chi connectivity index (χ3n) is 4.23. The van der Waals surface area contributed by atoms with Crippen LogP contribution in [0.4, 0.5) is 5.69 Å². The topological polar surface area (TPSA) is 56.4 Å². The lowest BCUT2D eigenvalue weighted by Gasteiger charge is -1.98. The zero-order chi connectivity index (χ0) is 18.3. The first-order chi connectivity index (χ1) is 12.6. The van der Waals surface area contributed by atoms with E-state index >= 15 is 0 Å². The van der Waals surface area contributed by atoms with Gasteiger partial charge in [0.1, 0.15) is 17.6 Å². The molecular weight excluding hydrogens is 348 g/mol. The summed E-state index contributed by atoms with van der Waals surface area (Å²) in [6.45, 7) is 2.04. The molecule has 0 aliphatic rings. The maximum Gasteiger partial charge on any atom is 0.336 e. The molecule has 0 bridgehead atoms. The Morgan fingerprint density at radius 1 is 1.00 bits per heavy atom. The van der Waals surface area contributed by atoms with Gasteiger partial charge in [0, 0.05) is 18.2 Å². The summed E-state index contributed by atoms with van der Waals surface area (Å²) in [5.41, 5.74) is 3.81. The minimum absolute atomic E-state index is 0.0511. The fourth-order valence-corrected chi connectivity index (χ4v) is 3.34. The van der Waals surface area contributed by atoms with E-state index in [1.54, 1.807) is 12.1 Å². The van der Waals surface area contributed by atoms with Crippen molar-refractivity contribution in [1.29, 1.82) is 0 Å². The molecule has 2 heterocycles. The number of aryl methyl sites for hydroxylation is 1. The number of nitro benzene ring substituents is 1. The SMILES string of the molecule is Cc1ccc(-n2c(=S)[n+](-c3ccc([N+](=O)[O-])cc3)c3ccccn32)cc1. The molecule has 0 saturated heterocycles. The summed E-state index contributed by atoms with van der Waals surface area (Å²) < 4.78 is 6.38. The molecule has 0 aliphatic heterocycles. The summed E-state index contributed by atoms with van der Waals surface area (Å²) in [4.78, 5) is 10.5. The highest BCUT2D eigenvalue weighted by Crippen LogP contribution is 2.16. The first kappa shape index (κ1) is 16.2. The summed E-state index contributed by atoms with van der Waals surface area (Å²) >= 11 is 5.75. The van der Waals surface area contributed by atoms with Gasteiger partial charge in [-0.2, -0.15) is 4.57 Å². The second-order valence-corrected chi connectivity index (χ2v) is 6.31. The fourth-order valence-electron chi connectivity index (χ4n) is 2.94. The number of hydrogen-bond acceptors (Lipinski definition) is 3. The second-order valence-electron chi connectivity index (χ2n) is 5.94. The summed E-state index contributed by atoms with van der Waals surface area (Å²) in [7, 11) is 0. The van der Waals surface area contributed by atoms with E-state index in [-0.39, 0.29) is 5.69 Å². The van der Waals surface area contributed by atoms with Crippen LogP contribution >= 0.6 is 12.2 Å². The van der Waals surface area contributed by atoms with Crippen LogP contribution < -0.4 is 4.57 Å². The minimum Gasteiger partial charge on any atom is -0.258 e. The van der Waals surface area contributed by atoms with Gasteiger partial charge < -0.3 is 0 Å². The van der Waals surface area contributed by atoms with Gasteiger partial charge in [-0.05, 0) is 49.5 Å². The lowest BCUT2D eigenvalue weighted by molar-refractivity contribution is -0.576. The zero-order valence-electron chi connectivity index (χ0n) is 13.9. The van der Waals surface area contributed by atoms with Gasteiger partial charge in [-0.1, -0.05) is 28.4 Å². The van der Waals surface area contributed by atoms with E-state index in [0.29, 0.717) is 4.77 Å². The predicted molar refractivity (Wildman–Crippen MR) is 100 cm³/mol. The normalized spacial score (nSPS) is 11.0. The maximum atomic E-state index is 10.9. The molecule has 0 fully saturated rings. The van der Waals surface area contributed by atoms with Crippen LogP contribution in [-0.2, 0) is 0 Å². The summed E-state index contributed by atoms with van der Waals surface area (Å²) in [6.07, 6.45) is 1.94. The number of non-ortho nitro benzene ring substituents is 1. The van der Waals surface area contributed by atoms with Crippen molar-refractivity contribution in [2.24, 2.45) is 0 Å². The zero-order valence-corrected chi connectivity index (χ0v) is 14.8. The van der Waals surface area contributed by atoms with Crippen LogP contribution in [0.25, 0.3) is 17.0 Å². The van der Waals surface area contributed by atoms with Crippen molar-refractivity contribution in [3.63, 3.8) is 0 Å². The molecule has 0 spiro atoms. The molecule has 0 N–H and O–H groups in total. The third kappa shape index (κ3) is 2.58. The van der Waals surface area contributed by atoms with Gasteiger partial charge in [-0.3, -0.25) is 10.1 Å². The molecule has 0 aliphatic carbocycles. The fraction of sp³-hybridized carbons (Fsp3) is 0.0526. The van der Waals surface area contributed by atoms with Crippen molar-refractivity contribution in [1.82, 2.24) is 9.20 Å². The van der Waals surface area contributed by atoms with Crippen LogP contribution in [0.5, 0.6) is 0 Å². The number of pyridine rings is 1. The third-order valence-corrected chi connectivity index (χ3v) is 4.59. The van der Waals surface area contributed by atoms with Crippen LogP contribution in [0.3, 0.4) is 0 Å². The van der Waals surface area contributed by atoms with Gasteiger partial charge in [-0.25, -0.2) is 0 Å². The molecule has 2 aromatic carbocycles. The van der Waals surface area contributed by atoms with Crippen LogP contribution in [0.1, 0.15) is 5.56 Å². The molecule has 0 amide bonds. The predicted octanol–water partition coefficient (Wildman–Crippen LogP) is 3.95. The number of aromatic nitrogens is 3. The monoisotopic (exact) mass is 363 g/mol. The lowest BCUT2D eigenvalue weighted by atomic mass is 10.2. The standard InChI is InChI=1S/C19H15N4O2S/c1-14-5-7-16(8-6-14)22-19(26)21(18-4-2-3-13-20(18)22)15-9-11-17(12-10-15)23(24)25/h2-13H,1H3/q+1. The second kappa shape index (κ2) is 6.20. The Morgan fingerprint density at radius 3 is 2.35 bits per heavy atom. The summed E-state index contributed by atoms with van der Waals surface area (Å²) in [6, 6.07) is 20.3. The largest absolute Gasteiger partial charge is 0.336 e. The molecule has 2 aromatic heterocycles. The molecule has 26 heavy (non-hydrogen) atoms. The van der Waals surface area contributed by atoms with E-state index in [2.05, 4.69) is 0 Å². The Bertz CT molecular complexity index is 1180. The molecule has 4 rings (SSSR count). The van der Waals surface area contributed by atoms with E-state index in [9.17, 15) is 10.1 Å². The smallest absolute Gasteiger partial charge is 0.258 e. The van der Waals surface area contributed by atoms with Gasteiger partial charge in [-0.15, -0.1) is 4.52 Å². The summed E-state index contributed by atoms with van der Waals surface area (Å²) in [5, 5.41) is 10.9. The van der Waals surface area contributed by atoms with Gasteiger partial charge in [0.25, 0.3) is 11.3 Å². The van der Waals surface area contributed by atoms with Gasteiger partial charge >= 0.3 is 4.77 Å². The highest BCUT2D eigenvalue weighted by atomic mass is 32.1. The number of benzene rings is 2. The van der Waals surface area contributed by atoms with E-state index in [4.69, 9.17) is 12.2 Å². The Balaban J connectivity index is 1.99. The molecule has 7 heteroatoms. The quantitative estimate of drug-likeness (QED) is 0.240. The average molecular weight is 363 g/mol. The Morgan fingerprint density at radius 2 is 1.69 bits per heavy atom. The summed E-state index contributed by atoms with van der Waals surface area (Å²) in [5.74, 6) is 0. The molecule has 128 valence electrons. The van der Waals surface area contributed by atoms with Gasteiger partial charge in [0.15, 0.2) is 0 Å². The van der Waals surface area contributed by atoms with Crippen molar-refractivity contribution in [2.45, 2.75) is 6.92 Å². The van der Waals surface area contributed by atoms with Crippen LogP contribution in [0.15, 0.2) is 72.9 Å². The van der Waals surface area contributed by atoms with Crippen molar-refractivity contribution in [2.75, 3.05) is 0 Å². The van der Waals surface area contributed by atoms with Gasteiger partial charge in [0.2, 0.25) is 0 Å². The van der Waals surface area contributed by atoms with Crippen LogP contribution in [0.2, 0.25) is 0 Å². The van der Waals surface area contributed by atoms with Gasteiger partial charge in [0.05, 0.1) is 4.92 Å². The van der Waals surface area contributed by atoms with E-state index in [1.165, 1.54) is 17.7 Å². The molecule has 4 aromatic rings. The van der Waals surface area contributed by atoms with E-state index < -0.39 is 4.92 Å². The van der Waals surface area contributed by atoms with Crippen molar-refractivity contribution < 1.29 is 9.49 Å². The average Bonchev–Trinajstić information content (AvgIpc) is 2.94. The Labute approximate surface area is 154 Å². The number of fused-ring (bicyclic) bond motifs is 1. The lowest BCUT2D eigenvalue weighted by Crippen LogP contribution is -2.31. The van der Waals surface area contributed by atoms with Crippen molar-refractivity contribution in [3.8, 4) is 11.4 Å². The number of hydrogen-bond donors (Lipinski definition) is 0. The molecule has 0 radical (unpaired) electrons. The molecule has 0 unspecified atom stereocenters. The first-order valence-electron chi connectivity index (χ1n) is 8.02. The molecule has 0 saturated carbocycles. The van der Waals surface area contributed by atoms with E-state index in [0.717, 1.165) is 17.0 Å². The van der Waals surface area contributed by atoms with Crippen LogP contribution in [-0.4, -0.2) is 14.1 Å². The molecular formula is C19H15N4O2S+. The minimum atomic E-state index is -0.409. The van der Waals surface area contributed by atoms with Crippen molar-refractivity contribution >= 4 is 23.6 Å². The first-order valence-corrected chi connectivity index (χ1v) is 8.43. The number of nitro groups is 1. The highest BCUT2D eigenvalue weighted by molar-refractivity contribution is 7.71. The molecule has 6 nitrogen and oxygen atoms in total. The Hall–Kier alpha value is -3.32. The number of rotatable bonds is 3. The van der Waals surface area contributed by atoms with Crippen molar-refractivity contribution in [3.05, 3.63) is 93.4 Å². The van der Waals surface area contributed by atoms with Crippen LogP contribution in [0, 0.1) is 21.8 Å². The number of nitrogens with zero attached hydrogens (tertiary/aromatic N) is 4. The maximum absolute atomic E-state index is 10.9. The highest BCUT2D eigenvalue weighted by Gasteiger charge is 2.21. The van der Waals surface area contributed by atoms with E-state index in [1.807, 2.05) is 69.3 Å².